The van der Waals surface area contributed by atoms with E-state index in [1.54, 1.807) is 13.0 Å². The Morgan fingerprint density at radius 1 is 1.41 bits per heavy atom. The average Bonchev–Trinajstić information content (AvgIpc) is 2.90. The Morgan fingerprint density at radius 3 is 3.12 bits per heavy atom. The van der Waals surface area contributed by atoms with Crippen LogP contribution in [0.15, 0.2) is 18.2 Å². The molecule has 0 N–H and O–H groups in total. The highest BCUT2D eigenvalue weighted by atomic mass is 16.6. The lowest BCUT2D eigenvalue weighted by molar-refractivity contribution is -0.148. The summed E-state index contributed by atoms with van der Waals surface area (Å²) in [4.78, 5) is 11.6. The zero-order valence-corrected chi connectivity index (χ0v) is 9.47. The molecule has 3 rings (SSSR count). The van der Waals surface area contributed by atoms with E-state index in [1.165, 1.54) is 0 Å². The number of hydrogen-bond acceptors (Lipinski definition) is 3. The molecule has 0 saturated heterocycles. The van der Waals surface area contributed by atoms with Crippen LogP contribution >= 0.6 is 0 Å². The molecular weight excluding hydrogens is 216 g/mol. The molecule has 1 aliphatic heterocycles. The molecule has 86 valence electrons. The molecule has 0 saturated carbocycles. The van der Waals surface area contributed by atoms with Crippen LogP contribution in [-0.4, -0.2) is 18.7 Å². The van der Waals surface area contributed by atoms with Crippen molar-refractivity contribution in [3.63, 3.8) is 0 Å². The van der Waals surface area contributed by atoms with Crippen LogP contribution in [0.25, 0.3) is 18.2 Å². The van der Waals surface area contributed by atoms with Gasteiger partial charge in [0.25, 0.3) is 0 Å². The van der Waals surface area contributed by atoms with E-state index in [0.717, 1.165) is 21.8 Å². The Morgan fingerprint density at radius 2 is 2.29 bits per heavy atom. The van der Waals surface area contributed by atoms with Gasteiger partial charge in [-0.2, -0.15) is 0 Å². The largest absolute Gasteiger partial charge is 0.474 e. The lowest BCUT2D eigenvalue weighted by atomic mass is 10.1. The van der Waals surface area contributed by atoms with Gasteiger partial charge < -0.3 is 9.47 Å². The zero-order valence-electron chi connectivity index (χ0n) is 9.47. The Hall–Kier alpha value is -2.03. The van der Waals surface area contributed by atoms with E-state index in [2.05, 4.69) is 0 Å². The number of carbonyl (C=O) groups excluding carboxylic acids is 1. The monoisotopic (exact) mass is 228 g/mol. The molecule has 0 aromatic heterocycles. The fourth-order valence-corrected chi connectivity index (χ4v) is 2.08. The quantitative estimate of drug-likeness (QED) is 0.695. The maximum absolute atomic E-state index is 11.6. The van der Waals surface area contributed by atoms with Gasteiger partial charge in [-0.25, -0.2) is 4.79 Å². The maximum Gasteiger partial charge on any atom is 0.351 e. The number of carbonyl (C=O) groups is 1. The first kappa shape index (κ1) is 10.1. The molecule has 17 heavy (non-hydrogen) atoms. The summed E-state index contributed by atoms with van der Waals surface area (Å²) >= 11 is 0. The molecule has 2 aliphatic rings. The van der Waals surface area contributed by atoms with Crippen LogP contribution in [0.2, 0.25) is 0 Å². The van der Waals surface area contributed by atoms with Gasteiger partial charge in [-0.3, -0.25) is 0 Å². The first-order valence-corrected chi connectivity index (χ1v) is 5.65. The first-order chi connectivity index (χ1) is 8.28. The van der Waals surface area contributed by atoms with Gasteiger partial charge in [0.05, 0.1) is 6.61 Å². The predicted octanol–water partition coefficient (Wildman–Crippen LogP) is 0.598. The number of benzene rings is 1. The molecule has 0 spiro atoms. The Bertz CT molecular complexity index is 626. The minimum absolute atomic E-state index is 0.330. The van der Waals surface area contributed by atoms with Crippen molar-refractivity contribution in [2.75, 3.05) is 6.61 Å². The molecule has 0 amide bonds. The second kappa shape index (κ2) is 3.77. The van der Waals surface area contributed by atoms with Crippen molar-refractivity contribution in [1.82, 2.24) is 0 Å². The van der Waals surface area contributed by atoms with E-state index >= 15 is 0 Å². The second-order valence-electron chi connectivity index (χ2n) is 4.00. The first-order valence-electron chi connectivity index (χ1n) is 5.65. The summed E-state index contributed by atoms with van der Waals surface area (Å²) in [6.45, 7) is 2.16. The van der Waals surface area contributed by atoms with Crippen LogP contribution in [0.1, 0.15) is 12.5 Å². The van der Waals surface area contributed by atoms with E-state index in [4.69, 9.17) is 9.47 Å². The minimum Gasteiger partial charge on any atom is -0.474 e. The second-order valence-corrected chi connectivity index (χ2v) is 4.00. The molecule has 0 bridgehead atoms. The molecule has 0 radical (unpaired) electrons. The summed E-state index contributed by atoms with van der Waals surface area (Å²) in [5, 5.41) is 2.09. The zero-order chi connectivity index (χ0) is 11.8. The third-order valence-electron chi connectivity index (χ3n) is 2.87. The predicted molar refractivity (Wildman–Crippen MR) is 64.7 cm³/mol. The van der Waals surface area contributed by atoms with Crippen LogP contribution in [0.4, 0.5) is 0 Å². The van der Waals surface area contributed by atoms with Crippen LogP contribution in [0.5, 0.6) is 5.75 Å². The van der Waals surface area contributed by atoms with Crippen molar-refractivity contribution >= 4 is 24.2 Å². The average molecular weight is 228 g/mol. The fraction of sp³-hybridized carbons (Fsp3) is 0.214. The van der Waals surface area contributed by atoms with Gasteiger partial charge >= 0.3 is 5.97 Å². The molecule has 1 aromatic rings. The molecule has 1 atom stereocenters. The van der Waals surface area contributed by atoms with Crippen LogP contribution in [-0.2, 0) is 9.53 Å². The fourth-order valence-electron chi connectivity index (χ4n) is 2.08. The van der Waals surface area contributed by atoms with Gasteiger partial charge in [-0.05, 0) is 35.9 Å². The Balaban J connectivity index is 1.97. The van der Waals surface area contributed by atoms with Gasteiger partial charge in [-0.1, -0.05) is 18.2 Å². The van der Waals surface area contributed by atoms with Crippen molar-refractivity contribution in [3.8, 4) is 5.75 Å². The highest BCUT2D eigenvalue weighted by Gasteiger charge is 2.24. The van der Waals surface area contributed by atoms with Crippen molar-refractivity contribution in [3.05, 3.63) is 34.2 Å². The number of allylic oxidation sites excluding steroid dienone is 1. The highest BCUT2D eigenvalue weighted by Crippen LogP contribution is 2.15. The standard InChI is InChI=1S/C14H12O3/c1-2-16-14(15)13-8-11-6-9-4-3-5-10(9)7-12(11)17-13/h3-8,13H,2H2,1H3. The molecule has 1 unspecified atom stereocenters. The molecule has 0 fully saturated rings. The van der Waals surface area contributed by atoms with E-state index < -0.39 is 6.10 Å². The summed E-state index contributed by atoms with van der Waals surface area (Å²) in [5.74, 6) is 0.421. The minimum atomic E-state index is -0.601. The van der Waals surface area contributed by atoms with Crippen molar-refractivity contribution in [1.29, 1.82) is 0 Å². The van der Waals surface area contributed by atoms with Crippen LogP contribution < -0.4 is 15.2 Å². The normalized spacial score (nSPS) is 18.8. The van der Waals surface area contributed by atoms with Gasteiger partial charge in [0.1, 0.15) is 5.75 Å². The molecule has 3 heteroatoms. The lowest BCUT2D eigenvalue weighted by Crippen LogP contribution is -2.24. The van der Waals surface area contributed by atoms with Gasteiger partial charge in [0.15, 0.2) is 0 Å². The molecule has 1 heterocycles. The van der Waals surface area contributed by atoms with Crippen molar-refractivity contribution < 1.29 is 14.3 Å². The third kappa shape index (κ3) is 1.64. The Kier molecular flexibility index (Phi) is 2.25. The molecular formula is C14H12O3. The third-order valence-corrected chi connectivity index (χ3v) is 2.87. The number of ether oxygens (including phenoxy) is 2. The molecule has 1 aliphatic carbocycles. The van der Waals surface area contributed by atoms with Crippen LogP contribution in [0, 0.1) is 0 Å². The van der Waals surface area contributed by atoms with Crippen molar-refractivity contribution in [2.45, 2.75) is 13.0 Å². The summed E-state index contributed by atoms with van der Waals surface area (Å²) in [6, 6.07) is 3.99. The van der Waals surface area contributed by atoms with Crippen molar-refractivity contribution in [2.24, 2.45) is 0 Å². The summed E-state index contributed by atoms with van der Waals surface area (Å²) in [5.41, 5.74) is 1.16. The SMILES string of the molecule is CCOC(=O)C1C=c2cc3c(cc2O1)=CC=C3. The topological polar surface area (TPSA) is 35.5 Å². The molecule has 1 aromatic carbocycles. The number of rotatable bonds is 2. The summed E-state index contributed by atoms with van der Waals surface area (Å²) in [7, 11) is 0. The Labute approximate surface area is 98.7 Å². The van der Waals surface area contributed by atoms with E-state index in [9.17, 15) is 4.79 Å². The van der Waals surface area contributed by atoms with E-state index in [0.29, 0.717) is 6.61 Å². The van der Waals surface area contributed by atoms with Gasteiger partial charge in [0.2, 0.25) is 6.10 Å². The maximum atomic E-state index is 11.6. The molecule has 3 nitrogen and oxygen atoms in total. The highest BCUT2D eigenvalue weighted by molar-refractivity contribution is 5.84. The summed E-state index contributed by atoms with van der Waals surface area (Å²) < 4.78 is 10.5. The van der Waals surface area contributed by atoms with E-state index in [-0.39, 0.29) is 5.97 Å². The van der Waals surface area contributed by atoms with Gasteiger partial charge in [0, 0.05) is 5.22 Å². The van der Waals surface area contributed by atoms with E-state index in [1.807, 2.05) is 30.4 Å². The number of hydrogen-bond donors (Lipinski definition) is 0. The number of fused-ring (bicyclic) bond motifs is 2. The summed E-state index contributed by atoms with van der Waals surface area (Å²) in [6.07, 6.45) is 7.27. The van der Waals surface area contributed by atoms with Crippen LogP contribution in [0.3, 0.4) is 0 Å². The number of esters is 1. The lowest BCUT2D eigenvalue weighted by Gasteiger charge is -2.08. The van der Waals surface area contributed by atoms with Gasteiger partial charge in [-0.15, -0.1) is 0 Å². The smallest absolute Gasteiger partial charge is 0.351 e.